The average molecular weight is 1210 g/mol. The van der Waals surface area contributed by atoms with E-state index in [1.807, 2.05) is 0 Å². The van der Waals surface area contributed by atoms with Crippen LogP contribution in [0.5, 0.6) is 0 Å². The van der Waals surface area contributed by atoms with Gasteiger partial charge in [-0.15, -0.1) is 30.7 Å². The third-order valence-electron chi connectivity index (χ3n) is 11.0. The molecule has 8 aromatic rings. The summed E-state index contributed by atoms with van der Waals surface area (Å²) in [5.41, 5.74) is 15.7. The van der Waals surface area contributed by atoms with Crippen molar-refractivity contribution in [1.82, 2.24) is 0 Å². The number of rotatable bonds is 10. The van der Waals surface area contributed by atoms with Crippen LogP contribution in [0.3, 0.4) is 0 Å². The van der Waals surface area contributed by atoms with E-state index in [2.05, 4.69) is 225 Å². The van der Waals surface area contributed by atoms with Gasteiger partial charge in [0.15, 0.2) is 36.5 Å². The van der Waals surface area contributed by atoms with Crippen LogP contribution < -0.4 is 77.1 Å². The summed E-state index contributed by atoms with van der Waals surface area (Å²) in [7, 11) is -15.2. The molecule has 0 fully saturated rings. The minimum atomic E-state index is -4.94. The molecule has 8 rings (SSSR count). The summed E-state index contributed by atoms with van der Waals surface area (Å²) in [6.07, 6.45) is 0. The fraction of sp³-hybridized carbons (Fsp3) is 0.143. The molecule has 0 unspecified atom stereocenters. The standard InChI is InChI=1S/C56H52IS2.3ClHO4/c1-37-9-29-53(41(5)33-37)58(54-30-10-38(2)34-42(54)6)51-25-17-47(18-26-51)45-13-21-49(22-14-45)57-50-23-15-46(16-24-50)48-19-27-52(28-20-48)59(55-31-11-39(3)35-43(55)7)56-32-12-40(4)36-44(56)8;3*2-1(3,4)5/h9-36H,1-8H3;3*(H,2,3,4,5)/q+3;;;/p-3. The average Bonchev–Trinajstić information content (AvgIpc) is 3.28. The number of benzene rings is 8. The highest BCUT2D eigenvalue weighted by Gasteiger charge is 2.33. The maximum Gasteiger partial charge on any atom is 0.357 e. The lowest BCUT2D eigenvalue weighted by atomic mass is 10.1. The zero-order chi connectivity index (χ0) is 54.7. The monoisotopic (exact) mass is 1210 g/mol. The molecule has 0 bridgehead atoms. The van der Waals surface area contributed by atoms with Gasteiger partial charge < -0.3 is 0 Å². The van der Waals surface area contributed by atoms with Gasteiger partial charge in [0.25, 0.3) is 0 Å². The van der Waals surface area contributed by atoms with Crippen LogP contribution in [-0.4, -0.2) is 0 Å². The van der Waals surface area contributed by atoms with Crippen LogP contribution >= 0.6 is 0 Å². The summed E-state index contributed by atoms with van der Waals surface area (Å²) in [5, 5.41) is 0. The zero-order valence-electron chi connectivity index (χ0n) is 41.4. The summed E-state index contributed by atoms with van der Waals surface area (Å²) in [6.45, 7) is 17.8. The first kappa shape index (κ1) is 60.4. The fourth-order valence-electron chi connectivity index (χ4n) is 7.96. The maximum absolute atomic E-state index is 8.49. The van der Waals surface area contributed by atoms with Gasteiger partial charge in [-0.1, -0.05) is 70.8 Å². The minimum absolute atomic E-state index is 0.176. The highest BCUT2D eigenvalue weighted by molar-refractivity contribution is 7.97. The van der Waals surface area contributed by atoms with E-state index >= 15 is 0 Å². The van der Waals surface area contributed by atoms with Gasteiger partial charge in [-0.05, 0) is 199 Å². The van der Waals surface area contributed by atoms with Crippen molar-refractivity contribution in [1.29, 1.82) is 0 Å². The van der Waals surface area contributed by atoms with Crippen molar-refractivity contribution in [2.45, 2.75) is 84.8 Å². The van der Waals surface area contributed by atoms with Crippen LogP contribution in [0.1, 0.15) is 44.5 Å². The molecule has 0 aliphatic rings. The molecule has 0 aromatic heterocycles. The molecule has 0 aliphatic heterocycles. The molecule has 8 aromatic carbocycles. The first-order chi connectivity index (χ1) is 34.5. The highest BCUT2D eigenvalue weighted by atomic mass is 127. The zero-order valence-corrected chi connectivity index (χ0v) is 47.5. The molecule has 0 amide bonds. The van der Waals surface area contributed by atoms with Crippen LogP contribution in [0.2, 0.25) is 0 Å². The van der Waals surface area contributed by atoms with Crippen LogP contribution in [-0.2, 0) is 21.8 Å². The van der Waals surface area contributed by atoms with Crippen molar-refractivity contribution in [2.24, 2.45) is 0 Å². The van der Waals surface area contributed by atoms with Gasteiger partial charge in [-0.25, -0.2) is 55.9 Å². The van der Waals surface area contributed by atoms with Crippen molar-refractivity contribution < 1.29 is 108 Å². The van der Waals surface area contributed by atoms with E-state index in [1.54, 1.807) is 0 Å². The third-order valence-corrected chi connectivity index (χ3v) is 18.7. The Morgan fingerprint density at radius 3 is 0.649 bits per heavy atom. The predicted molar refractivity (Wildman–Crippen MR) is 249 cm³/mol. The van der Waals surface area contributed by atoms with Crippen molar-refractivity contribution in [3.05, 3.63) is 222 Å². The Bertz CT molecular complexity index is 2770. The van der Waals surface area contributed by atoms with Crippen LogP contribution in [0, 0.1) is 93.3 Å². The Morgan fingerprint density at radius 1 is 0.270 bits per heavy atom. The van der Waals surface area contributed by atoms with Crippen LogP contribution in [0.25, 0.3) is 22.3 Å². The maximum atomic E-state index is 8.49. The lowest BCUT2D eigenvalue weighted by Gasteiger charge is -2.17. The number of aryl methyl sites for hydroxylation is 8. The number of halogens is 4. The SMILES string of the molecule is Cc1ccc([S+](c2ccc(-c3ccc([I+]c4ccc(-c5ccc([S+](c6ccc(C)cc6C)c6ccc(C)cc6C)cc5)cc4)cc3)cc2)c2ccc(C)cc2C)c(C)c1.[O-][Cl+3]([O-])([O-])[O-].[O-][Cl+3]([O-])([O-])[O-].[O-][Cl+3]([O-])([O-])[O-]. The molecule has 74 heavy (non-hydrogen) atoms. The summed E-state index contributed by atoms with van der Waals surface area (Å²) < 4.78 is 105. The molecule has 0 heterocycles. The quantitative estimate of drug-likeness (QED) is 0.102. The molecule has 12 nitrogen and oxygen atoms in total. The minimum Gasteiger partial charge on any atom is -0.222 e. The van der Waals surface area contributed by atoms with Crippen LogP contribution in [0.4, 0.5) is 0 Å². The first-order valence-corrected chi connectivity index (χ1v) is 30.5. The Balaban J connectivity index is 0.000000595. The second-order valence-electron chi connectivity index (χ2n) is 17.0. The van der Waals surface area contributed by atoms with Crippen LogP contribution in [0.15, 0.2) is 199 Å². The van der Waals surface area contributed by atoms with E-state index in [9.17, 15) is 0 Å². The lowest BCUT2D eigenvalue weighted by Crippen LogP contribution is -3.61. The van der Waals surface area contributed by atoms with Crippen molar-refractivity contribution >= 4 is 21.8 Å². The second kappa shape index (κ2) is 26.6. The van der Waals surface area contributed by atoms with Gasteiger partial charge in [0, 0.05) is 22.3 Å². The van der Waals surface area contributed by atoms with Gasteiger partial charge in [0.2, 0.25) is 0 Å². The fourth-order valence-corrected chi connectivity index (χ4v) is 14.8. The van der Waals surface area contributed by atoms with Gasteiger partial charge in [0.05, 0.1) is 21.8 Å². The first-order valence-electron chi connectivity index (χ1n) is 22.2. The molecule has 18 heteroatoms. The third kappa shape index (κ3) is 19.6. The summed E-state index contributed by atoms with van der Waals surface area (Å²) in [6, 6.07) is 64.9. The largest absolute Gasteiger partial charge is 0.357 e. The van der Waals surface area contributed by atoms with E-state index in [4.69, 9.17) is 55.9 Å². The molecule has 0 spiro atoms. The van der Waals surface area contributed by atoms with Gasteiger partial charge in [-0.3, -0.25) is 0 Å². The number of hydrogen-bond acceptors (Lipinski definition) is 12. The van der Waals surface area contributed by atoms with Gasteiger partial charge >= 0.3 is 21.2 Å². The summed E-state index contributed by atoms with van der Waals surface area (Å²) in [5.74, 6) is 0. The summed E-state index contributed by atoms with van der Waals surface area (Å²) >= 11 is -0.291. The van der Waals surface area contributed by atoms with E-state index in [-0.39, 0.29) is 43.0 Å². The highest BCUT2D eigenvalue weighted by Crippen LogP contribution is 2.38. The Hall–Kier alpha value is -4.42. The molecule has 0 atom stereocenters. The Kier molecular flexibility index (Phi) is 21.7. The topological polar surface area (TPSA) is 277 Å². The van der Waals surface area contributed by atoms with Gasteiger partial charge in [-0.2, -0.15) is 0 Å². The van der Waals surface area contributed by atoms with Crippen molar-refractivity contribution in [2.75, 3.05) is 0 Å². The Morgan fingerprint density at radius 2 is 0.459 bits per heavy atom. The molecular formula is C56H52Cl3IO12S2. The molecule has 0 aliphatic carbocycles. The number of hydrogen-bond donors (Lipinski definition) is 0. The molecule has 0 radical (unpaired) electrons. The molecule has 0 saturated carbocycles. The van der Waals surface area contributed by atoms with Gasteiger partial charge in [0.1, 0.15) is 0 Å². The molecule has 388 valence electrons. The van der Waals surface area contributed by atoms with Crippen molar-refractivity contribution in [3.8, 4) is 22.3 Å². The van der Waals surface area contributed by atoms with Crippen molar-refractivity contribution in [3.63, 3.8) is 0 Å². The Labute approximate surface area is 454 Å². The van der Waals surface area contributed by atoms with E-state index < -0.39 is 30.7 Å². The smallest absolute Gasteiger partial charge is 0.222 e. The molecule has 0 N–H and O–H groups in total. The lowest BCUT2D eigenvalue weighted by molar-refractivity contribution is -2.00. The molecule has 0 saturated heterocycles. The van der Waals surface area contributed by atoms with E-state index in [0.29, 0.717) is 0 Å². The van der Waals surface area contributed by atoms with E-state index in [0.717, 1.165) is 0 Å². The van der Waals surface area contributed by atoms with E-state index in [1.165, 1.54) is 103 Å². The second-order valence-corrected chi connectivity index (χ2v) is 26.2. The normalized spacial score (nSPS) is 11.5. The predicted octanol–water partition coefficient (Wildman–Crippen LogP) is -2.46. The summed E-state index contributed by atoms with van der Waals surface area (Å²) in [4.78, 5) is 8.32. The molecular weight excluding hydrogens is 1160 g/mol.